The number of carboxylic acids is 1. The maximum Gasteiger partial charge on any atom is 0.309 e. The molecule has 6 heteroatoms. The van der Waals surface area contributed by atoms with Crippen LogP contribution in [-0.4, -0.2) is 34.2 Å². The molecule has 2 aliphatic rings. The summed E-state index contributed by atoms with van der Waals surface area (Å²) in [6.45, 7) is 4.52. The van der Waals surface area contributed by atoms with Crippen LogP contribution >= 0.6 is 0 Å². The van der Waals surface area contributed by atoms with E-state index in [1.54, 1.807) is 0 Å². The van der Waals surface area contributed by atoms with Crippen LogP contribution in [0.5, 0.6) is 5.75 Å². The summed E-state index contributed by atoms with van der Waals surface area (Å²) in [5, 5.41) is 13.4. The summed E-state index contributed by atoms with van der Waals surface area (Å²) in [5.74, 6) is 0.598. The third-order valence-electron chi connectivity index (χ3n) is 5.93. The van der Waals surface area contributed by atoms with Crippen molar-refractivity contribution in [3.05, 3.63) is 59.2 Å². The predicted molar refractivity (Wildman–Crippen MR) is 112 cm³/mol. The van der Waals surface area contributed by atoms with Gasteiger partial charge in [0, 0.05) is 25.2 Å². The largest absolute Gasteiger partial charge is 0.488 e. The highest BCUT2D eigenvalue weighted by molar-refractivity contribution is 5.77. The number of carboxylic acid groups (broad SMARTS) is 1. The van der Waals surface area contributed by atoms with Gasteiger partial charge < -0.3 is 14.4 Å². The third-order valence-corrected chi connectivity index (χ3v) is 5.93. The lowest BCUT2D eigenvalue weighted by Crippen LogP contribution is -2.49. The molecule has 3 aromatic rings. The Labute approximate surface area is 175 Å². The van der Waals surface area contributed by atoms with Gasteiger partial charge in [-0.2, -0.15) is 0 Å². The van der Waals surface area contributed by atoms with Crippen molar-refractivity contribution in [1.29, 1.82) is 0 Å². The van der Waals surface area contributed by atoms with E-state index in [4.69, 9.17) is 14.4 Å². The molecule has 1 saturated heterocycles. The average Bonchev–Trinajstić information content (AvgIpc) is 3.15. The summed E-state index contributed by atoms with van der Waals surface area (Å²) in [7, 11) is 0. The lowest BCUT2D eigenvalue weighted by molar-refractivity contribution is -0.147. The van der Waals surface area contributed by atoms with Crippen LogP contribution in [0.3, 0.4) is 0 Å². The molecule has 3 heterocycles. The van der Waals surface area contributed by atoms with Crippen molar-refractivity contribution in [3.8, 4) is 28.3 Å². The number of aryl methyl sites for hydroxylation is 1. The lowest BCUT2D eigenvalue weighted by Gasteiger charge is -2.36. The van der Waals surface area contributed by atoms with Gasteiger partial charge in [-0.05, 0) is 29.7 Å². The third kappa shape index (κ3) is 3.37. The highest BCUT2D eigenvalue weighted by Crippen LogP contribution is 2.42. The summed E-state index contributed by atoms with van der Waals surface area (Å²) in [4.78, 5) is 13.1. The summed E-state index contributed by atoms with van der Waals surface area (Å²) in [6, 6.07) is 14.6. The Hall–Kier alpha value is -3.12. The minimum Gasteiger partial charge on any atom is -0.488 e. The summed E-state index contributed by atoms with van der Waals surface area (Å²) < 4.78 is 11.8. The van der Waals surface area contributed by atoms with Gasteiger partial charge in [0.05, 0.1) is 17.0 Å². The monoisotopic (exact) mass is 404 g/mol. The molecule has 5 rings (SSSR count). The number of ether oxygens (including phenoxy) is 1. The molecule has 0 radical (unpaired) electrons. The van der Waals surface area contributed by atoms with E-state index in [-0.39, 0.29) is 5.92 Å². The predicted octanol–water partition coefficient (Wildman–Crippen LogP) is 4.37. The second-order valence-electron chi connectivity index (χ2n) is 8.13. The number of carbonyl (C=O) groups is 1. The van der Waals surface area contributed by atoms with E-state index in [0.29, 0.717) is 19.7 Å². The molecule has 154 valence electrons. The van der Waals surface area contributed by atoms with E-state index in [0.717, 1.165) is 58.8 Å². The topological polar surface area (TPSA) is 75.8 Å². The molecule has 2 aliphatic heterocycles. The highest BCUT2D eigenvalue weighted by Gasteiger charge is 2.32. The van der Waals surface area contributed by atoms with E-state index >= 15 is 0 Å². The first-order chi connectivity index (χ1) is 14.6. The standard InChI is InChI=1S/C24H24N2O4/c1-2-3-15-4-7-17(8-5-15)22-20-14-29-21-10-16(6-9-19(21)23(20)30-25-22)11-26-12-18(13-26)24(27)28/h4-10,18H,2-3,11-14H2,1H3,(H,27,28). The zero-order valence-corrected chi connectivity index (χ0v) is 16.9. The number of aromatic nitrogens is 1. The first-order valence-electron chi connectivity index (χ1n) is 10.4. The van der Waals surface area contributed by atoms with Gasteiger partial charge in [-0.15, -0.1) is 0 Å². The van der Waals surface area contributed by atoms with Crippen LogP contribution in [0.2, 0.25) is 0 Å². The van der Waals surface area contributed by atoms with Crippen molar-refractivity contribution in [2.45, 2.75) is 32.9 Å². The molecule has 2 aromatic carbocycles. The second-order valence-corrected chi connectivity index (χ2v) is 8.13. The van der Waals surface area contributed by atoms with Crippen molar-refractivity contribution in [1.82, 2.24) is 10.1 Å². The Balaban J connectivity index is 1.36. The van der Waals surface area contributed by atoms with Gasteiger partial charge in [-0.3, -0.25) is 9.69 Å². The van der Waals surface area contributed by atoms with E-state index in [2.05, 4.69) is 41.2 Å². The Morgan fingerprint density at radius 2 is 1.93 bits per heavy atom. The smallest absolute Gasteiger partial charge is 0.309 e. The molecule has 0 aliphatic carbocycles. The second kappa shape index (κ2) is 7.61. The molecule has 0 saturated carbocycles. The van der Waals surface area contributed by atoms with Gasteiger partial charge >= 0.3 is 5.97 Å². The van der Waals surface area contributed by atoms with E-state index < -0.39 is 5.97 Å². The summed E-state index contributed by atoms with van der Waals surface area (Å²) in [5.41, 5.74) is 6.19. The maximum absolute atomic E-state index is 11.0. The fourth-order valence-corrected chi connectivity index (χ4v) is 4.23. The quantitative estimate of drug-likeness (QED) is 0.658. The molecule has 1 N–H and O–H groups in total. The molecule has 0 atom stereocenters. The van der Waals surface area contributed by atoms with E-state index in [1.165, 1.54) is 5.56 Å². The Morgan fingerprint density at radius 1 is 1.17 bits per heavy atom. The van der Waals surface area contributed by atoms with Gasteiger partial charge in [0.1, 0.15) is 18.1 Å². The van der Waals surface area contributed by atoms with Crippen LogP contribution in [0.1, 0.15) is 30.0 Å². The molecule has 6 nitrogen and oxygen atoms in total. The van der Waals surface area contributed by atoms with Crippen molar-refractivity contribution in [3.63, 3.8) is 0 Å². The van der Waals surface area contributed by atoms with E-state index in [9.17, 15) is 4.79 Å². The maximum atomic E-state index is 11.0. The molecule has 0 bridgehead atoms. The zero-order valence-electron chi connectivity index (χ0n) is 16.9. The van der Waals surface area contributed by atoms with Gasteiger partial charge in [0.15, 0.2) is 5.76 Å². The highest BCUT2D eigenvalue weighted by atomic mass is 16.5. The lowest BCUT2D eigenvalue weighted by atomic mass is 9.97. The van der Waals surface area contributed by atoms with Crippen LogP contribution in [0.4, 0.5) is 0 Å². The first kappa shape index (κ1) is 18.9. The van der Waals surface area contributed by atoms with Crippen LogP contribution in [-0.2, 0) is 24.4 Å². The summed E-state index contributed by atoms with van der Waals surface area (Å²) >= 11 is 0. The normalized spacial score (nSPS) is 15.8. The molecule has 30 heavy (non-hydrogen) atoms. The molecule has 1 fully saturated rings. The number of benzene rings is 2. The molecule has 0 spiro atoms. The average molecular weight is 404 g/mol. The van der Waals surface area contributed by atoms with Crippen molar-refractivity contribution >= 4 is 5.97 Å². The number of likely N-dealkylation sites (tertiary alicyclic amines) is 1. The van der Waals surface area contributed by atoms with Crippen molar-refractivity contribution in [2.75, 3.05) is 13.1 Å². The fraction of sp³-hybridized carbons (Fsp3) is 0.333. The number of nitrogens with zero attached hydrogens (tertiary/aromatic N) is 2. The number of hydrogen-bond acceptors (Lipinski definition) is 5. The van der Waals surface area contributed by atoms with Crippen LogP contribution in [0, 0.1) is 5.92 Å². The van der Waals surface area contributed by atoms with Crippen LogP contribution in [0.25, 0.3) is 22.6 Å². The Morgan fingerprint density at radius 3 is 2.67 bits per heavy atom. The van der Waals surface area contributed by atoms with Crippen molar-refractivity contribution < 1.29 is 19.2 Å². The van der Waals surface area contributed by atoms with Crippen LogP contribution in [0.15, 0.2) is 47.0 Å². The van der Waals surface area contributed by atoms with Gasteiger partial charge in [0.2, 0.25) is 0 Å². The molecule has 0 amide bonds. The Kier molecular flexibility index (Phi) is 4.79. The number of hydrogen-bond donors (Lipinski definition) is 1. The van der Waals surface area contributed by atoms with Crippen molar-refractivity contribution in [2.24, 2.45) is 5.92 Å². The number of fused-ring (bicyclic) bond motifs is 3. The van der Waals surface area contributed by atoms with Crippen LogP contribution < -0.4 is 4.74 Å². The van der Waals surface area contributed by atoms with E-state index in [1.807, 2.05) is 18.2 Å². The van der Waals surface area contributed by atoms with Gasteiger partial charge in [-0.25, -0.2) is 0 Å². The SMILES string of the molecule is CCCc1ccc(-c2noc3c2COc2cc(CN4CC(C(=O)O)C4)ccc2-3)cc1. The number of rotatable bonds is 6. The van der Waals surface area contributed by atoms with Gasteiger partial charge in [0.25, 0.3) is 0 Å². The minimum atomic E-state index is -0.714. The zero-order chi connectivity index (χ0) is 20.7. The molecular formula is C24H24N2O4. The molecule has 1 aromatic heterocycles. The minimum absolute atomic E-state index is 0.245. The number of aliphatic carboxylic acids is 1. The molecule has 0 unspecified atom stereocenters. The Bertz CT molecular complexity index is 1080. The first-order valence-corrected chi connectivity index (χ1v) is 10.4. The summed E-state index contributed by atoms with van der Waals surface area (Å²) in [6.07, 6.45) is 2.20. The van der Waals surface area contributed by atoms with Gasteiger partial charge in [-0.1, -0.05) is 48.8 Å². The fourth-order valence-electron chi connectivity index (χ4n) is 4.23. The molecular weight excluding hydrogens is 380 g/mol.